The van der Waals surface area contributed by atoms with Gasteiger partial charge in [0.15, 0.2) is 0 Å². The van der Waals surface area contributed by atoms with Crippen LogP contribution in [0.2, 0.25) is 0 Å². The Morgan fingerprint density at radius 3 is 2.54 bits per heavy atom. The molecule has 1 aromatic heterocycles. The summed E-state index contributed by atoms with van der Waals surface area (Å²) in [6.45, 7) is 6.22. The van der Waals surface area contributed by atoms with Crippen molar-refractivity contribution < 1.29 is 23.9 Å². The highest BCUT2D eigenvalue weighted by molar-refractivity contribution is 7.17. The summed E-state index contributed by atoms with van der Waals surface area (Å²) in [5.74, 6) is -0.926. The van der Waals surface area contributed by atoms with Crippen LogP contribution in [-0.2, 0) is 31.9 Å². The highest BCUT2D eigenvalue weighted by atomic mass is 32.1. The van der Waals surface area contributed by atoms with Crippen molar-refractivity contribution in [3.8, 4) is 0 Å². The summed E-state index contributed by atoms with van der Waals surface area (Å²) in [6, 6.07) is 8.94. The second kappa shape index (κ2) is 11.0. The summed E-state index contributed by atoms with van der Waals surface area (Å²) < 4.78 is 11.1. The summed E-state index contributed by atoms with van der Waals surface area (Å²) in [5, 5.41) is 3.36. The standard InChI is InChI=1S/C28H31NO5S/c1-4-33-28(32)23-21-15-12-18(3)16-22(21)35-26(23)29-25(30)24(19-8-6-5-7-9-19)34-27(31)20-13-10-17(2)11-14-20/h5-10,13,18,24H,4,11-12,14-16H2,1-3H3,(H,29,30)/t18-,24-/m1/s1. The molecule has 2 aliphatic carbocycles. The first kappa shape index (κ1) is 24.9. The molecule has 0 spiro atoms. The molecule has 4 rings (SSSR count). The Kier molecular flexibility index (Phi) is 7.86. The fourth-order valence-corrected chi connectivity index (χ4v) is 5.83. The van der Waals surface area contributed by atoms with Gasteiger partial charge in [-0.25, -0.2) is 9.59 Å². The first-order valence-corrected chi connectivity index (χ1v) is 12.9. The number of hydrogen-bond donors (Lipinski definition) is 1. The Hall–Kier alpha value is -3.19. The smallest absolute Gasteiger partial charge is 0.341 e. The number of amides is 1. The number of carbonyl (C=O) groups excluding carboxylic acids is 3. The minimum atomic E-state index is -1.15. The molecule has 7 heteroatoms. The van der Waals surface area contributed by atoms with E-state index in [-0.39, 0.29) is 6.61 Å². The van der Waals surface area contributed by atoms with E-state index in [1.807, 2.05) is 19.1 Å². The van der Waals surface area contributed by atoms with E-state index in [9.17, 15) is 14.4 Å². The van der Waals surface area contributed by atoms with Crippen LogP contribution in [-0.4, -0.2) is 24.5 Å². The van der Waals surface area contributed by atoms with E-state index in [0.717, 1.165) is 36.1 Å². The third kappa shape index (κ3) is 5.73. The van der Waals surface area contributed by atoms with Gasteiger partial charge in [0.1, 0.15) is 5.00 Å². The number of allylic oxidation sites excluding steroid dienone is 3. The van der Waals surface area contributed by atoms with Crippen molar-refractivity contribution in [2.45, 2.75) is 59.0 Å². The minimum Gasteiger partial charge on any atom is -0.462 e. The zero-order valence-electron chi connectivity index (χ0n) is 20.4. The zero-order valence-corrected chi connectivity index (χ0v) is 21.2. The molecule has 0 fully saturated rings. The number of fused-ring (bicyclic) bond motifs is 1. The summed E-state index contributed by atoms with van der Waals surface area (Å²) in [4.78, 5) is 40.4. The average Bonchev–Trinajstić information content (AvgIpc) is 3.20. The fourth-order valence-electron chi connectivity index (χ4n) is 4.43. The van der Waals surface area contributed by atoms with E-state index < -0.39 is 23.9 Å². The molecule has 35 heavy (non-hydrogen) atoms. The lowest BCUT2D eigenvalue weighted by Gasteiger charge is -2.20. The quantitative estimate of drug-likeness (QED) is 0.483. The Morgan fingerprint density at radius 1 is 1.09 bits per heavy atom. The van der Waals surface area contributed by atoms with Crippen molar-refractivity contribution >= 4 is 34.2 Å². The molecule has 1 heterocycles. The highest BCUT2D eigenvalue weighted by Gasteiger charge is 2.32. The molecule has 1 aromatic carbocycles. The molecule has 6 nitrogen and oxygen atoms in total. The third-order valence-electron chi connectivity index (χ3n) is 6.41. The maximum Gasteiger partial charge on any atom is 0.341 e. The molecule has 0 unspecified atom stereocenters. The van der Waals surface area contributed by atoms with Crippen molar-refractivity contribution in [1.29, 1.82) is 0 Å². The fraction of sp³-hybridized carbons (Fsp3) is 0.393. The number of rotatable bonds is 7. The highest BCUT2D eigenvalue weighted by Crippen LogP contribution is 2.40. The van der Waals surface area contributed by atoms with Gasteiger partial charge >= 0.3 is 11.9 Å². The van der Waals surface area contributed by atoms with Gasteiger partial charge in [-0.15, -0.1) is 11.3 Å². The number of esters is 2. The van der Waals surface area contributed by atoms with Gasteiger partial charge in [0, 0.05) is 16.0 Å². The minimum absolute atomic E-state index is 0.251. The van der Waals surface area contributed by atoms with Crippen LogP contribution in [0.4, 0.5) is 5.00 Å². The number of benzene rings is 1. The van der Waals surface area contributed by atoms with E-state index in [1.54, 1.807) is 37.3 Å². The van der Waals surface area contributed by atoms with Crippen LogP contribution in [0, 0.1) is 5.92 Å². The summed E-state index contributed by atoms with van der Waals surface area (Å²) in [6.07, 6.45) is 6.49. The number of anilines is 1. The van der Waals surface area contributed by atoms with E-state index in [1.165, 1.54) is 16.9 Å². The average molecular weight is 494 g/mol. The van der Waals surface area contributed by atoms with Gasteiger partial charge in [-0.05, 0) is 57.4 Å². The van der Waals surface area contributed by atoms with Crippen molar-refractivity contribution in [3.05, 3.63) is 75.2 Å². The maximum absolute atomic E-state index is 13.5. The van der Waals surface area contributed by atoms with Crippen LogP contribution < -0.4 is 5.32 Å². The first-order chi connectivity index (χ1) is 16.9. The molecule has 0 saturated carbocycles. The molecule has 184 valence electrons. The molecule has 2 atom stereocenters. The number of ether oxygens (including phenoxy) is 2. The van der Waals surface area contributed by atoms with Crippen molar-refractivity contribution in [2.24, 2.45) is 5.92 Å². The summed E-state index contributed by atoms with van der Waals surface area (Å²) >= 11 is 1.42. The van der Waals surface area contributed by atoms with E-state index in [4.69, 9.17) is 9.47 Å². The second-order valence-corrected chi connectivity index (χ2v) is 10.3. The topological polar surface area (TPSA) is 81.7 Å². The molecule has 0 bridgehead atoms. The van der Waals surface area contributed by atoms with Gasteiger partial charge in [0.2, 0.25) is 6.10 Å². The number of nitrogens with one attached hydrogen (secondary N) is 1. The van der Waals surface area contributed by atoms with Gasteiger partial charge in [-0.2, -0.15) is 0 Å². The molecule has 1 amide bonds. The predicted molar refractivity (Wildman–Crippen MR) is 136 cm³/mol. The Labute approximate surface area is 210 Å². The van der Waals surface area contributed by atoms with Crippen LogP contribution in [0.25, 0.3) is 0 Å². The van der Waals surface area contributed by atoms with Crippen LogP contribution in [0.3, 0.4) is 0 Å². The van der Waals surface area contributed by atoms with Crippen molar-refractivity contribution in [2.75, 3.05) is 11.9 Å². The number of thiophene rings is 1. The third-order valence-corrected chi connectivity index (χ3v) is 7.58. The molecule has 1 N–H and O–H groups in total. The Balaban J connectivity index is 1.63. The molecule has 0 aliphatic heterocycles. The summed E-state index contributed by atoms with van der Waals surface area (Å²) in [5.41, 5.74) is 3.69. The molecule has 0 radical (unpaired) electrons. The molecule has 2 aliphatic rings. The van der Waals surface area contributed by atoms with Gasteiger partial charge < -0.3 is 14.8 Å². The number of hydrogen-bond acceptors (Lipinski definition) is 6. The van der Waals surface area contributed by atoms with Gasteiger partial charge in [-0.3, -0.25) is 4.79 Å². The summed E-state index contributed by atoms with van der Waals surface area (Å²) in [7, 11) is 0. The van der Waals surface area contributed by atoms with Crippen molar-refractivity contribution in [3.63, 3.8) is 0 Å². The van der Waals surface area contributed by atoms with Crippen LogP contribution in [0.1, 0.15) is 72.5 Å². The van der Waals surface area contributed by atoms with E-state index in [0.29, 0.717) is 34.0 Å². The predicted octanol–water partition coefficient (Wildman–Crippen LogP) is 5.94. The lowest BCUT2D eigenvalue weighted by atomic mass is 9.88. The van der Waals surface area contributed by atoms with E-state index in [2.05, 4.69) is 12.2 Å². The normalized spacial score (nSPS) is 18.0. The van der Waals surface area contributed by atoms with Crippen LogP contribution >= 0.6 is 11.3 Å². The van der Waals surface area contributed by atoms with Gasteiger partial charge in [0.05, 0.1) is 12.2 Å². The first-order valence-electron chi connectivity index (χ1n) is 12.1. The largest absolute Gasteiger partial charge is 0.462 e. The molecular weight excluding hydrogens is 462 g/mol. The number of carbonyl (C=O) groups is 3. The Bertz CT molecular complexity index is 1180. The lowest BCUT2D eigenvalue weighted by Crippen LogP contribution is -2.27. The SMILES string of the molecule is CCOC(=O)c1c(NC(=O)[C@H](OC(=O)C2=CC=C(C)CC2)c2ccccc2)sc2c1CC[C@@H](C)C2. The zero-order chi connectivity index (χ0) is 24.9. The van der Waals surface area contributed by atoms with Crippen molar-refractivity contribution in [1.82, 2.24) is 0 Å². The van der Waals surface area contributed by atoms with E-state index >= 15 is 0 Å². The second-order valence-electron chi connectivity index (χ2n) is 9.17. The molecule has 0 saturated heterocycles. The Morgan fingerprint density at radius 2 is 1.86 bits per heavy atom. The van der Waals surface area contributed by atoms with Crippen LogP contribution in [0.15, 0.2) is 53.6 Å². The monoisotopic (exact) mass is 493 g/mol. The maximum atomic E-state index is 13.5. The van der Waals surface area contributed by atoms with Crippen LogP contribution in [0.5, 0.6) is 0 Å². The molecular formula is C28H31NO5S. The van der Waals surface area contributed by atoms with Gasteiger partial charge in [0.25, 0.3) is 5.91 Å². The lowest BCUT2D eigenvalue weighted by molar-refractivity contribution is -0.151. The molecule has 2 aromatic rings. The van der Waals surface area contributed by atoms with Gasteiger partial charge in [-0.1, -0.05) is 55.0 Å².